The lowest BCUT2D eigenvalue weighted by molar-refractivity contribution is -0.137. The van der Waals surface area contributed by atoms with Gasteiger partial charge in [-0.15, -0.1) is 0 Å². The Labute approximate surface area is 191 Å². The molecule has 1 unspecified atom stereocenters. The summed E-state index contributed by atoms with van der Waals surface area (Å²) in [5, 5.41) is 0. The van der Waals surface area contributed by atoms with Crippen molar-refractivity contribution in [2.75, 3.05) is 24.7 Å². The predicted molar refractivity (Wildman–Crippen MR) is 113 cm³/mol. The molecular formula is C25H17F4NO4. The molecule has 34 heavy (non-hydrogen) atoms. The third kappa shape index (κ3) is 2.89. The molecule has 0 saturated heterocycles. The lowest BCUT2D eigenvalue weighted by Gasteiger charge is -2.25. The molecule has 174 valence electrons. The smallest absolute Gasteiger partial charge is 0.416 e. The molecular weight excluding hydrogens is 454 g/mol. The van der Waals surface area contributed by atoms with Crippen molar-refractivity contribution in [2.24, 2.45) is 0 Å². The van der Waals surface area contributed by atoms with Crippen molar-refractivity contribution in [1.82, 2.24) is 0 Å². The highest BCUT2D eigenvalue weighted by Gasteiger charge is 2.57. The first-order valence-electron chi connectivity index (χ1n) is 10.6. The zero-order valence-electron chi connectivity index (χ0n) is 17.6. The van der Waals surface area contributed by atoms with Crippen molar-refractivity contribution >= 4 is 11.6 Å². The fraction of sp³-hybridized carbons (Fsp3) is 0.240. The van der Waals surface area contributed by atoms with Crippen molar-refractivity contribution < 1.29 is 36.6 Å². The summed E-state index contributed by atoms with van der Waals surface area (Å²) < 4.78 is 71.5. The van der Waals surface area contributed by atoms with Crippen LogP contribution in [0.4, 0.5) is 23.2 Å². The monoisotopic (exact) mass is 471 g/mol. The van der Waals surface area contributed by atoms with Gasteiger partial charge in [-0.3, -0.25) is 4.79 Å². The van der Waals surface area contributed by atoms with E-state index in [0.717, 1.165) is 12.1 Å². The molecule has 1 spiro atoms. The first-order valence-corrected chi connectivity index (χ1v) is 10.6. The third-order valence-corrected chi connectivity index (χ3v) is 6.51. The topological polar surface area (TPSA) is 48.0 Å². The summed E-state index contributed by atoms with van der Waals surface area (Å²) in [7, 11) is 0. The fourth-order valence-corrected chi connectivity index (χ4v) is 4.91. The second-order valence-corrected chi connectivity index (χ2v) is 8.40. The molecule has 9 heteroatoms. The average molecular weight is 471 g/mol. The molecule has 3 aromatic carbocycles. The van der Waals surface area contributed by atoms with Gasteiger partial charge in [-0.2, -0.15) is 13.2 Å². The number of amides is 1. The zero-order chi connectivity index (χ0) is 23.7. The van der Waals surface area contributed by atoms with E-state index < -0.39 is 28.9 Å². The van der Waals surface area contributed by atoms with Gasteiger partial charge in [-0.25, -0.2) is 4.39 Å². The Morgan fingerprint density at radius 2 is 1.62 bits per heavy atom. The third-order valence-electron chi connectivity index (χ3n) is 6.51. The molecule has 1 atom stereocenters. The van der Waals surface area contributed by atoms with Gasteiger partial charge in [0.25, 0.3) is 0 Å². The number of benzene rings is 3. The number of ether oxygens (including phenoxy) is 3. The van der Waals surface area contributed by atoms with E-state index >= 15 is 0 Å². The van der Waals surface area contributed by atoms with Crippen LogP contribution >= 0.6 is 0 Å². The summed E-state index contributed by atoms with van der Waals surface area (Å²) in [6, 6.07) is 12.6. The van der Waals surface area contributed by atoms with Crippen LogP contribution in [-0.4, -0.2) is 25.7 Å². The number of hydrogen-bond donors (Lipinski definition) is 0. The van der Waals surface area contributed by atoms with Gasteiger partial charge < -0.3 is 19.1 Å². The minimum atomic E-state index is -4.63. The summed E-state index contributed by atoms with van der Waals surface area (Å²) in [6.45, 7) is 0.413. The number of rotatable bonds is 2. The molecule has 0 radical (unpaired) electrons. The molecule has 0 N–H and O–H groups in total. The molecule has 3 aliphatic heterocycles. The quantitative estimate of drug-likeness (QED) is 0.502. The van der Waals surface area contributed by atoms with Crippen LogP contribution in [0.1, 0.15) is 22.3 Å². The molecule has 0 bridgehead atoms. The molecule has 0 saturated carbocycles. The summed E-state index contributed by atoms with van der Waals surface area (Å²) >= 11 is 0. The number of para-hydroxylation sites is 1. The molecule has 6 rings (SSSR count). The Morgan fingerprint density at radius 1 is 0.882 bits per heavy atom. The van der Waals surface area contributed by atoms with Gasteiger partial charge in [0.1, 0.15) is 36.8 Å². The molecule has 3 heterocycles. The average Bonchev–Trinajstić information content (AvgIpc) is 3.30. The predicted octanol–water partition coefficient (Wildman–Crippen LogP) is 4.84. The van der Waals surface area contributed by atoms with Gasteiger partial charge in [-0.05, 0) is 35.9 Å². The molecule has 3 aromatic rings. The summed E-state index contributed by atoms with van der Waals surface area (Å²) in [4.78, 5) is 15.3. The van der Waals surface area contributed by atoms with Crippen molar-refractivity contribution in [3.05, 3.63) is 82.7 Å². The minimum Gasteiger partial charge on any atom is -0.491 e. The van der Waals surface area contributed by atoms with Gasteiger partial charge in [0.2, 0.25) is 5.91 Å². The number of carbonyl (C=O) groups excluding carboxylic acids is 1. The van der Waals surface area contributed by atoms with E-state index in [4.69, 9.17) is 14.2 Å². The van der Waals surface area contributed by atoms with E-state index in [1.807, 2.05) is 0 Å². The number of nitrogens with zero attached hydrogens (tertiary/aromatic N) is 1. The standard InChI is InChI=1S/C25H17F4NO4/c26-18-6-5-15(25(27,28)29)9-14(18)12-30-19-4-2-1-3-16(19)24(23(30)31)13-34-20-11-22-21(10-17(20)24)32-7-8-33-22/h1-6,9-11H,7-8,12-13H2. The van der Waals surface area contributed by atoms with E-state index in [1.54, 1.807) is 36.4 Å². The van der Waals surface area contributed by atoms with Gasteiger partial charge in [0, 0.05) is 22.9 Å². The van der Waals surface area contributed by atoms with E-state index in [0.29, 0.717) is 53.3 Å². The Morgan fingerprint density at radius 3 is 2.38 bits per heavy atom. The first kappa shape index (κ1) is 20.8. The first-order chi connectivity index (χ1) is 16.3. The van der Waals surface area contributed by atoms with Crippen LogP contribution in [0.25, 0.3) is 0 Å². The Hall–Kier alpha value is -3.75. The number of alkyl halides is 3. The maximum Gasteiger partial charge on any atom is 0.416 e. The summed E-state index contributed by atoms with van der Waals surface area (Å²) in [5.74, 6) is 0.258. The highest BCUT2D eigenvalue weighted by molar-refractivity contribution is 6.11. The van der Waals surface area contributed by atoms with Crippen LogP contribution in [0.5, 0.6) is 17.2 Å². The number of fused-ring (bicyclic) bond motifs is 5. The summed E-state index contributed by atoms with van der Waals surface area (Å²) in [5.41, 5.74) is -0.701. The van der Waals surface area contributed by atoms with Gasteiger partial charge >= 0.3 is 6.18 Å². The van der Waals surface area contributed by atoms with E-state index in [1.165, 1.54) is 4.90 Å². The molecule has 0 aliphatic carbocycles. The maximum atomic E-state index is 14.6. The number of carbonyl (C=O) groups is 1. The highest BCUT2D eigenvalue weighted by atomic mass is 19.4. The second kappa shape index (κ2) is 7.12. The van der Waals surface area contributed by atoms with E-state index in [9.17, 15) is 22.4 Å². The number of halogens is 4. The Balaban J connectivity index is 1.46. The van der Waals surface area contributed by atoms with E-state index in [-0.39, 0.29) is 18.7 Å². The van der Waals surface area contributed by atoms with Crippen LogP contribution < -0.4 is 19.1 Å². The Kier molecular flexibility index (Phi) is 4.36. The SMILES string of the molecule is O=C1N(Cc2cc(C(F)(F)F)ccc2F)c2ccccc2C12COc1cc3c(cc12)OCCO3. The molecule has 0 aromatic heterocycles. The summed E-state index contributed by atoms with van der Waals surface area (Å²) in [6.07, 6.45) is -4.63. The number of hydrogen-bond acceptors (Lipinski definition) is 4. The van der Waals surface area contributed by atoms with Crippen molar-refractivity contribution in [2.45, 2.75) is 18.1 Å². The van der Waals surface area contributed by atoms with Crippen LogP contribution in [0.15, 0.2) is 54.6 Å². The lowest BCUT2D eigenvalue weighted by atomic mass is 9.77. The van der Waals surface area contributed by atoms with Crippen molar-refractivity contribution in [3.8, 4) is 17.2 Å². The minimum absolute atomic E-state index is 0.00263. The normalized spacial score (nSPS) is 20.4. The Bertz CT molecular complexity index is 1340. The second-order valence-electron chi connectivity index (χ2n) is 8.40. The van der Waals surface area contributed by atoms with Crippen LogP contribution in [0.3, 0.4) is 0 Å². The molecule has 5 nitrogen and oxygen atoms in total. The molecule has 3 aliphatic rings. The highest BCUT2D eigenvalue weighted by Crippen LogP contribution is 2.55. The zero-order valence-corrected chi connectivity index (χ0v) is 17.6. The van der Waals surface area contributed by atoms with Gasteiger partial charge in [-0.1, -0.05) is 18.2 Å². The van der Waals surface area contributed by atoms with Crippen molar-refractivity contribution in [1.29, 1.82) is 0 Å². The lowest BCUT2D eigenvalue weighted by Crippen LogP contribution is -2.42. The van der Waals surface area contributed by atoms with Gasteiger partial charge in [0.15, 0.2) is 11.5 Å². The molecule has 0 fully saturated rings. The number of anilines is 1. The maximum absolute atomic E-state index is 14.6. The van der Waals surface area contributed by atoms with Crippen molar-refractivity contribution in [3.63, 3.8) is 0 Å². The van der Waals surface area contributed by atoms with Crippen LogP contribution in [-0.2, 0) is 22.9 Å². The van der Waals surface area contributed by atoms with Crippen LogP contribution in [0, 0.1) is 5.82 Å². The largest absolute Gasteiger partial charge is 0.491 e. The molecule has 1 amide bonds. The van der Waals surface area contributed by atoms with Gasteiger partial charge in [0.05, 0.1) is 12.1 Å². The van der Waals surface area contributed by atoms with Crippen LogP contribution in [0.2, 0.25) is 0 Å². The van der Waals surface area contributed by atoms with E-state index in [2.05, 4.69) is 0 Å². The fourth-order valence-electron chi connectivity index (χ4n) is 4.91.